The van der Waals surface area contributed by atoms with Crippen molar-refractivity contribution in [2.24, 2.45) is 10.7 Å². The summed E-state index contributed by atoms with van der Waals surface area (Å²) in [6.45, 7) is 13.9. The second-order valence-corrected chi connectivity index (χ2v) is 8.91. The van der Waals surface area contributed by atoms with Gasteiger partial charge in [-0.15, -0.1) is 0 Å². The standard InChI is InChI=1S/C22H37N5O2/c1-17(2)25(6)16-19-10-8-7-9-18(19)15-24-20(23)26-11-13-27(14-12-26)21(28)29-22(3,4)5/h7-10,17H,11-16H2,1-6H3,(H2,23,24). The fourth-order valence-electron chi connectivity index (χ4n) is 3.03. The lowest BCUT2D eigenvalue weighted by Crippen LogP contribution is -2.53. The van der Waals surface area contributed by atoms with Gasteiger partial charge in [-0.25, -0.2) is 9.79 Å². The molecule has 1 aliphatic rings. The number of nitrogens with zero attached hydrogens (tertiary/aromatic N) is 4. The van der Waals surface area contributed by atoms with Gasteiger partial charge in [0.25, 0.3) is 0 Å². The van der Waals surface area contributed by atoms with E-state index in [4.69, 9.17) is 10.5 Å². The van der Waals surface area contributed by atoms with Crippen molar-refractivity contribution in [3.63, 3.8) is 0 Å². The van der Waals surface area contributed by atoms with Crippen molar-refractivity contribution in [3.05, 3.63) is 35.4 Å². The quantitative estimate of drug-likeness (QED) is 0.604. The summed E-state index contributed by atoms with van der Waals surface area (Å²) >= 11 is 0. The van der Waals surface area contributed by atoms with E-state index < -0.39 is 5.60 Å². The van der Waals surface area contributed by atoms with Crippen LogP contribution in [0.25, 0.3) is 0 Å². The summed E-state index contributed by atoms with van der Waals surface area (Å²) in [5.41, 5.74) is 8.23. The molecular weight excluding hydrogens is 366 g/mol. The largest absolute Gasteiger partial charge is 0.444 e. The molecule has 0 atom stereocenters. The van der Waals surface area contributed by atoms with Crippen LogP contribution in [0.15, 0.2) is 29.3 Å². The van der Waals surface area contributed by atoms with E-state index in [2.05, 4.69) is 49.0 Å². The fourth-order valence-corrected chi connectivity index (χ4v) is 3.03. The molecule has 0 aliphatic carbocycles. The molecule has 1 heterocycles. The second-order valence-electron chi connectivity index (χ2n) is 8.91. The van der Waals surface area contributed by atoms with Gasteiger partial charge in [0, 0.05) is 38.8 Å². The van der Waals surface area contributed by atoms with Crippen molar-refractivity contribution in [3.8, 4) is 0 Å². The van der Waals surface area contributed by atoms with E-state index in [9.17, 15) is 4.79 Å². The summed E-state index contributed by atoms with van der Waals surface area (Å²) in [5, 5.41) is 0. The van der Waals surface area contributed by atoms with Gasteiger partial charge in [-0.2, -0.15) is 0 Å². The van der Waals surface area contributed by atoms with Gasteiger partial charge in [0.15, 0.2) is 5.96 Å². The highest BCUT2D eigenvalue weighted by Gasteiger charge is 2.26. The molecule has 0 aromatic heterocycles. The molecule has 1 fully saturated rings. The molecule has 1 saturated heterocycles. The summed E-state index contributed by atoms with van der Waals surface area (Å²) in [4.78, 5) is 22.9. The molecule has 1 aliphatic heterocycles. The molecular formula is C22H37N5O2. The van der Waals surface area contributed by atoms with Crippen LogP contribution >= 0.6 is 0 Å². The predicted octanol–water partition coefficient (Wildman–Crippen LogP) is 2.89. The number of rotatable bonds is 5. The maximum Gasteiger partial charge on any atom is 0.410 e. The lowest BCUT2D eigenvalue weighted by molar-refractivity contribution is 0.0186. The molecule has 1 amide bonds. The third-order valence-corrected chi connectivity index (χ3v) is 5.09. The van der Waals surface area contributed by atoms with Crippen LogP contribution < -0.4 is 5.73 Å². The van der Waals surface area contributed by atoms with Crippen LogP contribution in [0.1, 0.15) is 45.7 Å². The number of hydrogen-bond acceptors (Lipinski definition) is 4. The normalized spacial score (nSPS) is 15.9. The highest BCUT2D eigenvalue weighted by Crippen LogP contribution is 2.15. The zero-order chi connectivity index (χ0) is 21.6. The van der Waals surface area contributed by atoms with Crippen LogP contribution in [0, 0.1) is 0 Å². The van der Waals surface area contributed by atoms with Crippen LogP contribution in [0.2, 0.25) is 0 Å². The average Bonchev–Trinajstić information content (AvgIpc) is 2.65. The van der Waals surface area contributed by atoms with E-state index in [1.54, 1.807) is 4.90 Å². The molecule has 0 spiro atoms. The minimum Gasteiger partial charge on any atom is -0.444 e. The van der Waals surface area contributed by atoms with Crippen molar-refractivity contribution in [1.82, 2.24) is 14.7 Å². The number of benzene rings is 1. The Morgan fingerprint density at radius 1 is 1.14 bits per heavy atom. The highest BCUT2D eigenvalue weighted by molar-refractivity contribution is 5.78. The first-order valence-corrected chi connectivity index (χ1v) is 10.4. The molecule has 0 bridgehead atoms. The number of aliphatic imine (C=N–C) groups is 1. The van der Waals surface area contributed by atoms with Crippen LogP contribution in [0.4, 0.5) is 4.79 Å². The number of carbonyl (C=O) groups is 1. The number of ether oxygens (including phenoxy) is 1. The van der Waals surface area contributed by atoms with Crippen LogP contribution in [0.3, 0.4) is 0 Å². The van der Waals surface area contributed by atoms with Crippen LogP contribution in [-0.2, 0) is 17.8 Å². The van der Waals surface area contributed by atoms with E-state index in [-0.39, 0.29) is 6.09 Å². The van der Waals surface area contributed by atoms with E-state index in [0.717, 1.165) is 6.54 Å². The van der Waals surface area contributed by atoms with Gasteiger partial charge in [0.1, 0.15) is 5.60 Å². The Labute approximate surface area is 175 Å². The Morgan fingerprint density at radius 2 is 1.69 bits per heavy atom. The Hall–Kier alpha value is -2.28. The van der Waals surface area contributed by atoms with E-state index in [0.29, 0.717) is 44.7 Å². The SMILES string of the molecule is CC(C)N(C)Cc1ccccc1CN=C(N)N1CCN(C(=O)OC(C)(C)C)CC1. The lowest BCUT2D eigenvalue weighted by atomic mass is 10.1. The maximum absolute atomic E-state index is 12.2. The van der Waals surface area contributed by atoms with E-state index in [1.807, 2.05) is 31.7 Å². The fraction of sp³-hybridized carbons (Fsp3) is 0.636. The van der Waals surface area contributed by atoms with Crippen molar-refractivity contribution in [2.45, 2.75) is 59.4 Å². The monoisotopic (exact) mass is 403 g/mol. The number of carbonyl (C=O) groups excluding carboxylic acids is 1. The predicted molar refractivity (Wildman–Crippen MR) is 118 cm³/mol. The number of amides is 1. The third kappa shape index (κ3) is 7.24. The molecule has 29 heavy (non-hydrogen) atoms. The summed E-state index contributed by atoms with van der Waals surface area (Å²) < 4.78 is 5.44. The summed E-state index contributed by atoms with van der Waals surface area (Å²) in [6.07, 6.45) is -0.268. The lowest BCUT2D eigenvalue weighted by Gasteiger charge is -2.36. The molecule has 2 rings (SSSR count). The zero-order valence-electron chi connectivity index (χ0n) is 18.8. The van der Waals surface area contributed by atoms with Crippen molar-refractivity contribution < 1.29 is 9.53 Å². The molecule has 7 nitrogen and oxygen atoms in total. The molecule has 7 heteroatoms. The van der Waals surface area contributed by atoms with Crippen molar-refractivity contribution in [2.75, 3.05) is 33.2 Å². The molecule has 0 unspecified atom stereocenters. The van der Waals surface area contributed by atoms with Crippen LogP contribution in [0.5, 0.6) is 0 Å². The van der Waals surface area contributed by atoms with Gasteiger partial charge in [-0.1, -0.05) is 24.3 Å². The zero-order valence-corrected chi connectivity index (χ0v) is 18.8. The van der Waals surface area contributed by atoms with E-state index in [1.165, 1.54) is 11.1 Å². The first-order chi connectivity index (χ1) is 13.6. The first-order valence-electron chi connectivity index (χ1n) is 10.4. The van der Waals surface area contributed by atoms with Gasteiger partial charge >= 0.3 is 6.09 Å². The molecule has 162 valence electrons. The topological polar surface area (TPSA) is 74.4 Å². The maximum atomic E-state index is 12.2. The Balaban J connectivity index is 1.92. The number of piperazine rings is 1. The molecule has 1 aromatic rings. The second kappa shape index (κ2) is 9.96. The van der Waals surface area contributed by atoms with E-state index >= 15 is 0 Å². The smallest absolute Gasteiger partial charge is 0.410 e. The first kappa shape index (κ1) is 23.0. The summed E-state index contributed by atoms with van der Waals surface area (Å²) in [6, 6.07) is 8.85. The van der Waals surface area contributed by atoms with Gasteiger partial charge in [0.05, 0.1) is 6.54 Å². The Bertz CT molecular complexity index is 703. The number of nitrogens with two attached hydrogens (primary N) is 1. The number of hydrogen-bond donors (Lipinski definition) is 1. The third-order valence-electron chi connectivity index (χ3n) is 5.09. The van der Waals surface area contributed by atoms with Crippen molar-refractivity contribution >= 4 is 12.1 Å². The Morgan fingerprint density at radius 3 is 2.24 bits per heavy atom. The molecule has 0 radical (unpaired) electrons. The average molecular weight is 404 g/mol. The minimum atomic E-state index is -0.480. The van der Waals surface area contributed by atoms with Gasteiger partial charge in [-0.3, -0.25) is 4.90 Å². The minimum absolute atomic E-state index is 0.268. The highest BCUT2D eigenvalue weighted by atomic mass is 16.6. The van der Waals surface area contributed by atoms with Crippen LogP contribution in [-0.4, -0.2) is 71.6 Å². The van der Waals surface area contributed by atoms with Crippen molar-refractivity contribution in [1.29, 1.82) is 0 Å². The molecule has 2 N–H and O–H groups in total. The van der Waals surface area contributed by atoms with Gasteiger partial charge in [-0.05, 0) is 52.8 Å². The molecule has 1 aromatic carbocycles. The van der Waals surface area contributed by atoms with Gasteiger partial charge < -0.3 is 20.3 Å². The van der Waals surface area contributed by atoms with Gasteiger partial charge in [0.2, 0.25) is 0 Å². The molecule has 0 saturated carbocycles. The number of guanidine groups is 1. The summed E-state index contributed by atoms with van der Waals surface area (Å²) in [5.74, 6) is 0.529. The summed E-state index contributed by atoms with van der Waals surface area (Å²) in [7, 11) is 2.13. The Kier molecular flexibility index (Phi) is 7.90.